The Hall–Kier alpha value is -3.41. The van der Waals surface area contributed by atoms with Crippen molar-refractivity contribution >= 4 is 51.7 Å². The zero-order valence-corrected chi connectivity index (χ0v) is 16.8. The number of rotatable bonds is 6. The van der Waals surface area contributed by atoms with E-state index in [0.29, 0.717) is 3.57 Å². The van der Waals surface area contributed by atoms with Gasteiger partial charge in [0.2, 0.25) is 0 Å². The first-order valence-corrected chi connectivity index (χ1v) is 9.19. The lowest BCUT2D eigenvalue weighted by molar-refractivity contribution is 0.0998. The van der Waals surface area contributed by atoms with Gasteiger partial charge in [0.1, 0.15) is 17.1 Å². The number of halogens is 2. The van der Waals surface area contributed by atoms with Gasteiger partial charge in [-0.15, -0.1) is 0 Å². The highest BCUT2D eigenvalue weighted by Gasteiger charge is 2.18. The van der Waals surface area contributed by atoms with Gasteiger partial charge in [0.05, 0.1) is 23.8 Å². The summed E-state index contributed by atoms with van der Waals surface area (Å²) in [5.74, 6) is -1.04. The molecule has 0 spiro atoms. The predicted molar refractivity (Wildman–Crippen MR) is 113 cm³/mol. The minimum atomic E-state index is -1.23. The average Bonchev–Trinajstić information content (AvgIpc) is 2.63. The zero-order valence-electron chi connectivity index (χ0n) is 14.6. The standard InChI is InChI=1S/C19H14FIN4O4/c20-13-6-10(21)4-5-14(13)25-15-8-23-9-16(17(15)18(22)26)29-12-3-1-2-11(7-12)24-19(27)28/h1-9,24-25H,(H2,22,26)(H,27,28). The number of carbonyl (C=O) groups excluding carboxylic acids is 1. The van der Waals surface area contributed by atoms with Crippen LogP contribution < -0.4 is 21.1 Å². The van der Waals surface area contributed by atoms with Crippen molar-refractivity contribution in [1.82, 2.24) is 4.98 Å². The molecule has 0 aliphatic rings. The van der Waals surface area contributed by atoms with Crippen molar-refractivity contribution in [3.05, 3.63) is 69.8 Å². The molecule has 0 saturated carbocycles. The number of carboxylic acid groups (broad SMARTS) is 1. The van der Waals surface area contributed by atoms with Gasteiger partial charge in [0.15, 0.2) is 5.75 Å². The van der Waals surface area contributed by atoms with Crippen LogP contribution in [0, 0.1) is 9.39 Å². The van der Waals surface area contributed by atoms with Gasteiger partial charge in [0, 0.05) is 15.3 Å². The Morgan fingerprint density at radius 3 is 2.62 bits per heavy atom. The van der Waals surface area contributed by atoms with Crippen molar-refractivity contribution in [3.63, 3.8) is 0 Å². The number of ether oxygens (including phenoxy) is 1. The van der Waals surface area contributed by atoms with E-state index in [1.54, 1.807) is 18.2 Å². The molecule has 0 saturated heterocycles. The maximum Gasteiger partial charge on any atom is 0.409 e. The molecule has 0 bridgehead atoms. The van der Waals surface area contributed by atoms with E-state index in [1.807, 2.05) is 22.6 Å². The average molecular weight is 508 g/mol. The Morgan fingerprint density at radius 1 is 1.14 bits per heavy atom. The quantitative estimate of drug-likeness (QED) is 0.362. The fourth-order valence-electron chi connectivity index (χ4n) is 2.49. The number of amides is 2. The van der Waals surface area contributed by atoms with Crippen molar-refractivity contribution in [1.29, 1.82) is 0 Å². The highest BCUT2D eigenvalue weighted by atomic mass is 127. The number of nitrogens with one attached hydrogen (secondary N) is 2. The van der Waals surface area contributed by atoms with Gasteiger partial charge < -0.3 is 20.9 Å². The minimum Gasteiger partial charge on any atom is -0.465 e. The van der Waals surface area contributed by atoms with Crippen LogP contribution in [-0.2, 0) is 0 Å². The van der Waals surface area contributed by atoms with Crippen LogP contribution in [-0.4, -0.2) is 22.1 Å². The summed E-state index contributed by atoms with van der Waals surface area (Å²) < 4.78 is 20.6. The number of anilines is 3. The summed E-state index contributed by atoms with van der Waals surface area (Å²) in [4.78, 5) is 26.9. The van der Waals surface area contributed by atoms with Crippen LogP contribution in [0.4, 0.5) is 26.2 Å². The second-order valence-electron chi connectivity index (χ2n) is 5.73. The van der Waals surface area contributed by atoms with E-state index in [-0.39, 0.29) is 34.1 Å². The SMILES string of the molecule is NC(=O)c1c(Nc2ccc(I)cc2F)cncc1Oc1cccc(NC(=O)O)c1. The molecule has 1 heterocycles. The molecule has 3 rings (SSSR count). The Morgan fingerprint density at radius 2 is 1.93 bits per heavy atom. The number of benzene rings is 2. The molecule has 10 heteroatoms. The third kappa shape index (κ3) is 5.10. The van der Waals surface area contributed by atoms with E-state index in [1.165, 1.54) is 36.7 Å². The second kappa shape index (κ2) is 8.73. The van der Waals surface area contributed by atoms with Gasteiger partial charge in [0.25, 0.3) is 5.91 Å². The Kier molecular flexibility index (Phi) is 6.12. The van der Waals surface area contributed by atoms with E-state index in [9.17, 15) is 14.0 Å². The van der Waals surface area contributed by atoms with Crippen LogP contribution in [0.2, 0.25) is 0 Å². The van der Waals surface area contributed by atoms with E-state index in [0.717, 1.165) is 0 Å². The molecule has 29 heavy (non-hydrogen) atoms. The fourth-order valence-corrected chi connectivity index (χ4v) is 2.94. The molecule has 148 valence electrons. The van der Waals surface area contributed by atoms with Crippen LogP contribution in [0.3, 0.4) is 0 Å². The van der Waals surface area contributed by atoms with Crippen LogP contribution in [0.25, 0.3) is 0 Å². The molecule has 2 aromatic carbocycles. The summed E-state index contributed by atoms with van der Waals surface area (Å²) in [5, 5.41) is 13.8. The molecule has 1 aromatic heterocycles. The topological polar surface area (TPSA) is 127 Å². The van der Waals surface area contributed by atoms with E-state index in [4.69, 9.17) is 15.6 Å². The summed E-state index contributed by atoms with van der Waals surface area (Å²) in [6, 6.07) is 10.7. The van der Waals surface area contributed by atoms with Crippen molar-refractivity contribution < 1.29 is 23.8 Å². The normalized spacial score (nSPS) is 10.3. The van der Waals surface area contributed by atoms with E-state index >= 15 is 0 Å². The molecular formula is C19H14FIN4O4. The number of pyridine rings is 1. The van der Waals surface area contributed by atoms with Crippen molar-refractivity contribution in [2.24, 2.45) is 5.73 Å². The Bertz CT molecular complexity index is 1090. The van der Waals surface area contributed by atoms with Gasteiger partial charge in [-0.2, -0.15) is 0 Å². The number of nitrogens with two attached hydrogens (primary N) is 1. The number of hydrogen-bond acceptors (Lipinski definition) is 5. The largest absolute Gasteiger partial charge is 0.465 e. The maximum absolute atomic E-state index is 14.2. The first kappa shape index (κ1) is 20.3. The monoisotopic (exact) mass is 508 g/mol. The van der Waals surface area contributed by atoms with Gasteiger partial charge in [-0.25, -0.2) is 9.18 Å². The van der Waals surface area contributed by atoms with Crippen molar-refractivity contribution in [3.8, 4) is 11.5 Å². The zero-order chi connectivity index (χ0) is 21.0. The third-order valence-electron chi connectivity index (χ3n) is 3.67. The van der Waals surface area contributed by atoms with Gasteiger partial charge in [-0.1, -0.05) is 6.07 Å². The van der Waals surface area contributed by atoms with Gasteiger partial charge in [-0.05, 0) is 52.9 Å². The van der Waals surface area contributed by atoms with Gasteiger partial charge in [-0.3, -0.25) is 15.1 Å². The highest BCUT2D eigenvalue weighted by Crippen LogP contribution is 2.32. The fraction of sp³-hybridized carbons (Fsp3) is 0. The molecular weight excluding hydrogens is 494 g/mol. The Labute approximate surface area is 178 Å². The number of aromatic nitrogens is 1. The number of hydrogen-bond donors (Lipinski definition) is 4. The van der Waals surface area contributed by atoms with Crippen LogP contribution in [0.5, 0.6) is 11.5 Å². The third-order valence-corrected chi connectivity index (χ3v) is 4.34. The van der Waals surface area contributed by atoms with Crippen molar-refractivity contribution in [2.75, 3.05) is 10.6 Å². The molecule has 8 nitrogen and oxygen atoms in total. The number of primary amides is 1. The molecule has 0 unspecified atom stereocenters. The Balaban J connectivity index is 1.95. The minimum absolute atomic E-state index is 0.0286. The molecule has 2 amide bonds. The molecule has 0 fully saturated rings. The lowest BCUT2D eigenvalue weighted by atomic mass is 10.2. The van der Waals surface area contributed by atoms with E-state index in [2.05, 4.69) is 15.6 Å². The predicted octanol–water partition coefficient (Wildman–Crippen LogP) is 4.55. The molecule has 0 aliphatic carbocycles. The summed E-state index contributed by atoms with van der Waals surface area (Å²) >= 11 is 1.98. The molecule has 0 radical (unpaired) electrons. The first-order chi connectivity index (χ1) is 13.8. The maximum atomic E-state index is 14.2. The molecule has 0 aliphatic heterocycles. The van der Waals surface area contributed by atoms with E-state index < -0.39 is 17.8 Å². The van der Waals surface area contributed by atoms with Crippen molar-refractivity contribution in [2.45, 2.75) is 0 Å². The summed E-state index contributed by atoms with van der Waals surface area (Å²) in [7, 11) is 0. The molecule has 5 N–H and O–H groups in total. The lowest BCUT2D eigenvalue weighted by Gasteiger charge is -2.15. The van der Waals surface area contributed by atoms with Crippen LogP contribution in [0.1, 0.15) is 10.4 Å². The van der Waals surface area contributed by atoms with Crippen LogP contribution >= 0.6 is 22.6 Å². The summed E-state index contributed by atoms with van der Waals surface area (Å²) in [6.45, 7) is 0. The summed E-state index contributed by atoms with van der Waals surface area (Å²) in [5.41, 5.74) is 6.05. The second-order valence-corrected chi connectivity index (χ2v) is 6.98. The number of nitrogens with zero attached hydrogens (tertiary/aromatic N) is 1. The molecule has 3 aromatic rings. The van der Waals surface area contributed by atoms with Crippen LogP contribution in [0.15, 0.2) is 54.9 Å². The molecule has 0 atom stereocenters. The highest BCUT2D eigenvalue weighted by molar-refractivity contribution is 14.1. The summed E-state index contributed by atoms with van der Waals surface area (Å²) in [6.07, 6.45) is 1.38. The smallest absolute Gasteiger partial charge is 0.409 e. The first-order valence-electron chi connectivity index (χ1n) is 8.11. The number of carbonyl (C=O) groups is 2. The lowest BCUT2D eigenvalue weighted by Crippen LogP contribution is -2.15. The van der Waals surface area contributed by atoms with Gasteiger partial charge >= 0.3 is 6.09 Å².